The summed E-state index contributed by atoms with van der Waals surface area (Å²) in [6, 6.07) is 18.7. The molecule has 3 nitrogen and oxygen atoms in total. The van der Waals surface area contributed by atoms with Gasteiger partial charge >= 0.3 is 0 Å². The summed E-state index contributed by atoms with van der Waals surface area (Å²) in [5, 5.41) is 0. The Morgan fingerprint density at radius 1 is 0.903 bits per heavy atom. The standard InChI is InChI=1S/C26H33F2NO2/c1-3-4-15-22-23(30-17-20-11-7-5-8-12-20)24(31-18-21-13-9-6-10-14-21)25-26(27,28)19(2)16-29(22)25/h5-14,19,22-25H,3-4,15-18H2,1-2H3/t19-,22+,23+,24-,25-/m1/s1. The number of ether oxygens (including phenoxy) is 2. The van der Waals surface area contributed by atoms with Crippen molar-refractivity contribution in [3.8, 4) is 0 Å². The fraction of sp³-hybridized carbons (Fsp3) is 0.538. The second-order valence-electron chi connectivity index (χ2n) is 8.95. The number of alkyl halides is 2. The molecular formula is C26H33F2NO2. The topological polar surface area (TPSA) is 21.7 Å². The Bertz CT molecular complexity index is 817. The minimum Gasteiger partial charge on any atom is -0.369 e. The summed E-state index contributed by atoms with van der Waals surface area (Å²) in [7, 11) is 0. The molecule has 5 heteroatoms. The van der Waals surface area contributed by atoms with Crippen LogP contribution in [0, 0.1) is 5.92 Å². The first kappa shape index (κ1) is 22.4. The second kappa shape index (κ2) is 9.76. The molecule has 31 heavy (non-hydrogen) atoms. The second-order valence-corrected chi connectivity index (χ2v) is 8.95. The Morgan fingerprint density at radius 2 is 1.45 bits per heavy atom. The molecule has 168 valence electrons. The van der Waals surface area contributed by atoms with Crippen molar-refractivity contribution in [3.05, 3.63) is 71.8 Å². The zero-order chi connectivity index (χ0) is 21.8. The largest absolute Gasteiger partial charge is 0.369 e. The van der Waals surface area contributed by atoms with Crippen LogP contribution in [0.3, 0.4) is 0 Å². The van der Waals surface area contributed by atoms with E-state index in [1.165, 1.54) is 0 Å². The van der Waals surface area contributed by atoms with Crippen LogP contribution in [0.25, 0.3) is 0 Å². The van der Waals surface area contributed by atoms with Crippen molar-refractivity contribution in [2.24, 2.45) is 5.92 Å². The molecule has 0 aromatic heterocycles. The minimum absolute atomic E-state index is 0.0507. The number of benzene rings is 2. The highest BCUT2D eigenvalue weighted by molar-refractivity contribution is 5.17. The third-order valence-corrected chi connectivity index (χ3v) is 6.76. The van der Waals surface area contributed by atoms with E-state index in [2.05, 4.69) is 6.92 Å². The van der Waals surface area contributed by atoms with Crippen LogP contribution < -0.4 is 0 Å². The van der Waals surface area contributed by atoms with E-state index in [1.54, 1.807) is 6.92 Å². The Labute approximate surface area is 184 Å². The van der Waals surface area contributed by atoms with Gasteiger partial charge in [-0.1, -0.05) is 87.4 Å². The average molecular weight is 430 g/mol. The van der Waals surface area contributed by atoms with E-state index in [0.717, 1.165) is 30.4 Å². The lowest BCUT2D eigenvalue weighted by atomic mass is 9.94. The Morgan fingerprint density at radius 3 is 2.00 bits per heavy atom. The Kier molecular flexibility index (Phi) is 7.05. The molecule has 0 N–H and O–H groups in total. The zero-order valence-corrected chi connectivity index (χ0v) is 18.4. The lowest BCUT2D eigenvalue weighted by molar-refractivity contribution is -0.130. The van der Waals surface area contributed by atoms with Gasteiger partial charge in [-0.2, -0.15) is 0 Å². The van der Waals surface area contributed by atoms with Gasteiger partial charge in [0.1, 0.15) is 18.2 Å². The number of unbranched alkanes of at least 4 members (excludes halogenated alkanes) is 1. The van der Waals surface area contributed by atoms with Crippen molar-refractivity contribution < 1.29 is 18.3 Å². The lowest BCUT2D eigenvalue weighted by Gasteiger charge is -2.30. The van der Waals surface area contributed by atoms with E-state index in [-0.39, 0.29) is 12.1 Å². The van der Waals surface area contributed by atoms with E-state index >= 15 is 8.78 Å². The van der Waals surface area contributed by atoms with Gasteiger partial charge in [0.2, 0.25) is 0 Å². The first-order valence-electron chi connectivity index (χ1n) is 11.5. The summed E-state index contributed by atoms with van der Waals surface area (Å²) in [6.07, 6.45) is 1.83. The van der Waals surface area contributed by atoms with Crippen molar-refractivity contribution in [1.29, 1.82) is 0 Å². The molecule has 0 unspecified atom stereocenters. The van der Waals surface area contributed by atoms with Crippen LogP contribution in [0.5, 0.6) is 0 Å². The van der Waals surface area contributed by atoms with Crippen molar-refractivity contribution in [3.63, 3.8) is 0 Å². The number of fused-ring (bicyclic) bond motifs is 1. The minimum atomic E-state index is -2.79. The summed E-state index contributed by atoms with van der Waals surface area (Å²) in [5.41, 5.74) is 2.04. The maximum atomic E-state index is 15.3. The molecule has 2 fully saturated rings. The van der Waals surface area contributed by atoms with Crippen LogP contribution >= 0.6 is 0 Å². The molecule has 2 aliphatic rings. The highest BCUT2D eigenvalue weighted by Gasteiger charge is 2.66. The molecule has 0 bridgehead atoms. The van der Waals surface area contributed by atoms with Crippen LogP contribution in [-0.4, -0.2) is 41.7 Å². The molecule has 0 saturated carbocycles. The van der Waals surface area contributed by atoms with E-state index in [0.29, 0.717) is 19.8 Å². The summed E-state index contributed by atoms with van der Waals surface area (Å²) >= 11 is 0. The highest BCUT2D eigenvalue weighted by atomic mass is 19.3. The molecule has 2 aliphatic heterocycles. The fourth-order valence-corrected chi connectivity index (χ4v) is 5.07. The van der Waals surface area contributed by atoms with Crippen LogP contribution in [0.15, 0.2) is 60.7 Å². The van der Waals surface area contributed by atoms with Crippen molar-refractivity contribution >= 4 is 0 Å². The van der Waals surface area contributed by atoms with Gasteiger partial charge in [-0.3, -0.25) is 4.90 Å². The molecule has 0 aliphatic carbocycles. The van der Waals surface area contributed by atoms with Gasteiger partial charge in [-0.15, -0.1) is 0 Å². The molecule has 2 saturated heterocycles. The van der Waals surface area contributed by atoms with Gasteiger partial charge in [0.15, 0.2) is 0 Å². The van der Waals surface area contributed by atoms with E-state index in [4.69, 9.17) is 9.47 Å². The first-order chi connectivity index (χ1) is 15.0. The molecular weight excluding hydrogens is 396 g/mol. The molecule has 2 heterocycles. The molecule has 2 aromatic carbocycles. The van der Waals surface area contributed by atoms with Crippen LogP contribution in [0.2, 0.25) is 0 Å². The summed E-state index contributed by atoms with van der Waals surface area (Å²) in [4.78, 5) is 1.99. The van der Waals surface area contributed by atoms with E-state index in [9.17, 15) is 0 Å². The monoisotopic (exact) mass is 429 g/mol. The summed E-state index contributed by atoms with van der Waals surface area (Å²) < 4.78 is 43.3. The number of hydrogen-bond acceptors (Lipinski definition) is 3. The average Bonchev–Trinajstić information content (AvgIpc) is 3.20. The lowest BCUT2D eigenvalue weighted by Crippen LogP contribution is -2.46. The smallest absolute Gasteiger partial charge is 0.269 e. The maximum Gasteiger partial charge on any atom is 0.269 e. The zero-order valence-electron chi connectivity index (χ0n) is 18.4. The number of rotatable bonds is 9. The van der Waals surface area contributed by atoms with Gasteiger partial charge in [0.05, 0.1) is 13.2 Å². The van der Waals surface area contributed by atoms with Crippen LogP contribution in [-0.2, 0) is 22.7 Å². The Hall–Kier alpha value is -1.82. The van der Waals surface area contributed by atoms with E-state index < -0.39 is 24.0 Å². The SMILES string of the molecule is CCCC[C@H]1[C@H](OCc2ccccc2)[C@@H](OCc2ccccc2)[C@H]2N1C[C@@H](C)C2(F)F. The van der Waals surface area contributed by atoms with Gasteiger partial charge in [0.25, 0.3) is 5.92 Å². The molecule has 0 radical (unpaired) electrons. The number of nitrogens with zero attached hydrogens (tertiary/aromatic N) is 1. The van der Waals surface area contributed by atoms with Crippen molar-refractivity contribution in [2.45, 2.75) is 76.5 Å². The molecule has 2 aromatic rings. The number of hydrogen-bond donors (Lipinski definition) is 0. The van der Waals surface area contributed by atoms with Gasteiger partial charge in [0, 0.05) is 18.5 Å². The van der Waals surface area contributed by atoms with Crippen molar-refractivity contribution in [2.75, 3.05) is 6.54 Å². The quantitative estimate of drug-likeness (QED) is 0.511. The predicted molar refractivity (Wildman–Crippen MR) is 118 cm³/mol. The summed E-state index contributed by atoms with van der Waals surface area (Å²) in [5.74, 6) is -3.48. The third kappa shape index (κ3) is 4.69. The third-order valence-electron chi connectivity index (χ3n) is 6.76. The number of halogens is 2. The van der Waals surface area contributed by atoms with E-state index in [1.807, 2.05) is 65.6 Å². The van der Waals surface area contributed by atoms with Gasteiger partial charge < -0.3 is 9.47 Å². The molecule has 0 spiro atoms. The molecule has 0 amide bonds. The van der Waals surface area contributed by atoms with Crippen LogP contribution in [0.1, 0.15) is 44.2 Å². The maximum absolute atomic E-state index is 15.3. The Balaban J connectivity index is 1.59. The fourth-order valence-electron chi connectivity index (χ4n) is 5.07. The van der Waals surface area contributed by atoms with Crippen molar-refractivity contribution in [1.82, 2.24) is 4.90 Å². The van der Waals surface area contributed by atoms with Gasteiger partial charge in [-0.25, -0.2) is 8.78 Å². The van der Waals surface area contributed by atoms with Gasteiger partial charge in [-0.05, 0) is 17.5 Å². The molecule has 4 rings (SSSR count). The first-order valence-corrected chi connectivity index (χ1v) is 11.5. The predicted octanol–water partition coefficient (Wildman–Crippen LogP) is 5.69. The van der Waals surface area contributed by atoms with Crippen LogP contribution in [0.4, 0.5) is 8.78 Å². The normalized spacial score (nSPS) is 29.9. The highest BCUT2D eigenvalue weighted by Crippen LogP contribution is 2.49. The summed E-state index contributed by atoms with van der Waals surface area (Å²) in [6.45, 7) is 4.90. The molecule has 5 atom stereocenters.